The fraction of sp³-hybridized carbons (Fsp3) is 0.400. The van der Waals surface area contributed by atoms with Crippen LogP contribution in [0.4, 0.5) is 0 Å². The summed E-state index contributed by atoms with van der Waals surface area (Å²) < 4.78 is 5.18. The number of nitrogens with one attached hydrogen (secondary N) is 1. The molecule has 0 spiro atoms. The van der Waals surface area contributed by atoms with Gasteiger partial charge in [-0.15, -0.1) is 0 Å². The Morgan fingerprint density at radius 1 is 1.38 bits per heavy atom. The molecular weight excluding hydrogens is 166 g/mol. The zero-order valence-electron chi connectivity index (χ0n) is 7.58. The minimum absolute atomic E-state index is 0.605. The molecule has 0 saturated carbocycles. The van der Waals surface area contributed by atoms with Gasteiger partial charge in [-0.1, -0.05) is 18.2 Å². The number of rotatable bonds is 2. The third kappa shape index (κ3) is 1.30. The normalized spacial score (nSPS) is 19.2. The van der Waals surface area contributed by atoms with Crippen LogP contribution in [0.2, 0.25) is 0 Å². The van der Waals surface area contributed by atoms with Crippen molar-refractivity contribution < 1.29 is 9.84 Å². The molecule has 1 aromatic rings. The van der Waals surface area contributed by atoms with Crippen LogP contribution in [0.25, 0.3) is 0 Å². The molecule has 1 fully saturated rings. The number of β-amino-alcohol motifs (C(OH)–C–C–N with tert-alkyl or cyclic N) is 1. The second kappa shape index (κ2) is 3.01. The van der Waals surface area contributed by atoms with Crippen molar-refractivity contribution in [3.05, 3.63) is 29.8 Å². The van der Waals surface area contributed by atoms with E-state index in [2.05, 4.69) is 5.32 Å². The summed E-state index contributed by atoms with van der Waals surface area (Å²) in [4.78, 5) is 0. The van der Waals surface area contributed by atoms with Gasteiger partial charge in [0.15, 0.2) is 0 Å². The van der Waals surface area contributed by atoms with E-state index in [9.17, 15) is 5.11 Å². The number of methoxy groups -OCH3 is 1. The quantitative estimate of drug-likeness (QED) is 0.694. The van der Waals surface area contributed by atoms with Crippen LogP contribution in [-0.2, 0) is 5.60 Å². The first-order valence-corrected chi connectivity index (χ1v) is 4.33. The summed E-state index contributed by atoms with van der Waals surface area (Å²) in [7, 11) is 1.62. The first-order valence-electron chi connectivity index (χ1n) is 4.33. The maximum Gasteiger partial charge on any atom is 0.125 e. The van der Waals surface area contributed by atoms with E-state index < -0.39 is 5.60 Å². The smallest absolute Gasteiger partial charge is 0.125 e. The van der Waals surface area contributed by atoms with Crippen LogP contribution in [-0.4, -0.2) is 25.3 Å². The number of hydrogen-bond acceptors (Lipinski definition) is 3. The summed E-state index contributed by atoms with van der Waals surface area (Å²) in [6.45, 7) is 1.21. The molecule has 0 amide bonds. The average Bonchev–Trinajstić information content (AvgIpc) is 2.14. The third-order valence-corrected chi connectivity index (χ3v) is 2.44. The molecular formula is C10H13NO2. The lowest BCUT2D eigenvalue weighted by atomic mass is 9.87. The molecule has 3 heteroatoms. The summed E-state index contributed by atoms with van der Waals surface area (Å²) in [6, 6.07) is 7.58. The predicted molar refractivity (Wildman–Crippen MR) is 49.8 cm³/mol. The number of aliphatic hydroxyl groups is 1. The predicted octanol–water partition coefficient (Wildman–Crippen LogP) is 0.486. The lowest BCUT2D eigenvalue weighted by Gasteiger charge is -2.38. The first-order chi connectivity index (χ1) is 6.26. The van der Waals surface area contributed by atoms with Gasteiger partial charge in [-0.05, 0) is 6.07 Å². The number of benzene rings is 1. The molecule has 0 aromatic heterocycles. The number of para-hydroxylation sites is 1. The van der Waals surface area contributed by atoms with Crippen molar-refractivity contribution in [2.45, 2.75) is 5.60 Å². The molecule has 1 heterocycles. The highest BCUT2D eigenvalue weighted by Crippen LogP contribution is 2.32. The highest BCUT2D eigenvalue weighted by Gasteiger charge is 2.38. The standard InChI is InChI=1S/C10H13NO2/c1-13-9-5-3-2-4-8(9)10(12)6-11-7-10/h2-5,11-12H,6-7H2,1H3. The van der Waals surface area contributed by atoms with E-state index in [0.29, 0.717) is 13.1 Å². The minimum atomic E-state index is -0.730. The van der Waals surface area contributed by atoms with Gasteiger partial charge in [0.1, 0.15) is 11.4 Å². The van der Waals surface area contributed by atoms with E-state index in [-0.39, 0.29) is 0 Å². The van der Waals surface area contributed by atoms with E-state index >= 15 is 0 Å². The summed E-state index contributed by atoms with van der Waals surface area (Å²) in [6.07, 6.45) is 0. The lowest BCUT2D eigenvalue weighted by Crippen LogP contribution is -2.56. The van der Waals surface area contributed by atoms with Gasteiger partial charge < -0.3 is 15.2 Å². The summed E-state index contributed by atoms with van der Waals surface area (Å²) >= 11 is 0. The molecule has 2 N–H and O–H groups in total. The summed E-state index contributed by atoms with van der Waals surface area (Å²) in [5, 5.41) is 13.1. The Bertz CT molecular complexity index is 308. The van der Waals surface area contributed by atoms with Crippen molar-refractivity contribution in [1.29, 1.82) is 0 Å². The Balaban J connectivity index is 2.38. The Hall–Kier alpha value is -1.06. The Morgan fingerprint density at radius 2 is 2.08 bits per heavy atom. The molecule has 70 valence electrons. The zero-order valence-corrected chi connectivity index (χ0v) is 7.58. The van der Waals surface area contributed by atoms with Gasteiger partial charge in [0.2, 0.25) is 0 Å². The summed E-state index contributed by atoms with van der Waals surface area (Å²) in [5.74, 6) is 0.756. The van der Waals surface area contributed by atoms with Crippen LogP contribution in [0, 0.1) is 0 Å². The molecule has 0 bridgehead atoms. The van der Waals surface area contributed by atoms with Crippen molar-refractivity contribution in [2.24, 2.45) is 0 Å². The molecule has 0 atom stereocenters. The topological polar surface area (TPSA) is 41.5 Å². The molecule has 1 saturated heterocycles. The second-order valence-corrected chi connectivity index (χ2v) is 3.34. The molecule has 1 aromatic carbocycles. The summed E-state index contributed by atoms with van der Waals surface area (Å²) in [5.41, 5.74) is 0.142. The third-order valence-electron chi connectivity index (χ3n) is 2.44. The Morgan fingerprint density at radius 3 is 2.62 bits per heavy atom. The average molecular weight is 179 g/mol. The molecule has 13 heavy (non-hydrogen) atoms. The van der Waals surface area contributed by atoms with Crippen molar-refractivity contribution in [2.75, 3.05) is 20.2 Å². The van der Waals surface area contributed by atoms with Crippen LogP contribution in [0.15, 0.2) is 24.3 Å². The zero-order chi connectivity index (χ0) is 9.31. The number of hydrogen-bond donors (Lipinski definition) is 2. The first kappa shape index (κ1) is 8.53. The maximum absolute atomic E-state index is 10.1. The van der Waals surface area contributed by atoms with Gasteiger partial charge in [0, 0.05) is 18.7 Å². The van der Waals surface area contributed by atoms with Gasteiger partial charge in [0.05, 0.1) is 7.11 Å². The van der Waals surface area contributed by atoms with Crippen molar-refractivity contribution >= 4 is 0 Å². The molecule has 0 unspecified atom stereocenters. The van der Waals surface area contributed by atoms with Gasteiger partial charge in [-0.25, -0.2) is 0 Å². The van der Waals surface area contributed by atoms with E-state index in [1.54, 1.807) is 7.11 Å². The molecule has 0 aliphatic carbocycles. The molecule has 1 aliphatic rings. The second-order valence-electron chi connectivity index (χ2n) is 3.34. The van der Waals surface area contributed by atoms with E-state index in [1.807, 2.05) is 24.3 Å². The largest absolute Gasteiger partial charge is 0.496 e. The lowest BCUT2D eigenvalue weighted by molar-refractivity contribution is -0.0164. The van der Waals surface area contributed by atoms with Crippen LogP contribution in [0.3, 0.4) is 0 Å². The fourth-order valence-corrected chi connectivity index (χ4v) is 1.58. The van der Waals surface area contributed by atoms with E-state index in [0.717, 1.165) is 11.3 Å². The van der Waals surface area contributed by atoms with Crippen molar-refractivity contribution in [3.8, 4) is 5.75 Å². The molecule has 0 radical (unpaired) electrons. The minimum Gasteiger partial charge on any atom is -0.496 e. The SMILES string of the molecule is COc1ccccc1C1(O)CNC1. The molecule has 2 rings (SSSR count). The molecule has 3 nitrogen and oxygen atoms in total. The monoisotopic (exact) mass is 179 g/mol. The Labute approximate surface area is 77.3 Å². The van der Waals surface area contributed by atoms with Gasteiger partial charge in [-0.3, -0.25) is 0 Å². The van der Waals surface area contributed by atoms with Gasteiger partial charge in [0.25, 0.3) is 0 Å². The maximum atomic E-state index is 10.1. The molecule has 1 aliphatic heterocycles. The van der Waals surface area contributed by atoms with Crippen LogP contribution in [0.5, 0.6) is 5.75 Å². The van der Waals surface area contributed by atoms with Gasteiger partial charge >= 0.3 is 0 Å². The Kier molecular flexibility index (Phi) is 1.98. The highest BCUT2D eigenvalue weighted by molar-refractivity contribution is 5.39. The fourth-order valence-electron chi connectivity index (χ4n) is 1.58. The van der Waals surface area contributed by atoms with Gasteiger partial charge in [-0.2, -0.15) is 0 Å². The van der Waals surface area contributed by atoms with E-state index in [4.69, 9.17) is 4.74 Å². The van der Waals surface area contributed by atoms with Crippen LogP contribution < -0.4 is 10.1 Å². The van der Waals surface area contributed by atoms with Crippen LogP contribution in [0.1, 0.15) is 5.56 Å². The van der Waals surface area contributed by atoms with Crippen molar-refractivity contribution in [3.63, 3.8) is 0 Å². The van der Waals surface area contributed by atoms with E-state index in [1.165, 1.54) is 0 Å². The highest BCUT2D eigenvalue weighted by atomic mass is 16.5. The van der Waals surface area contributed by atoms with Crippen LogP contribution >= 0.6 is 0 Å². The number of ether oxygens (including phenoxy) is 1. The van der Waals surface area contributed by atoms with Crippen molar-refractivity contribution in [1.82, 2.24) is 5.32 Å².